The zero-order valence-electron chi connectivity index (χ0n) is 19.9. The Morgan fingerprint density at radius 1 is 0.774 bits per heavy atom. The zero-order valence-corrected chi connectivity index (χ0v) is 22.7. The third-order valence-electron chi connectivity index (χ3n) is 5.37. The van der Waals surface area contributed by atoms with Crippen LogP contribution < -0.4 is 11.1 Å². The third-order valence-corrected chi connectivity index (χ3v) is 6.47. The molecule has 9 heteroatoms. The summed E-state index contributed by atoms with van der Waals surface area (Å²) in [5.74, 6) is -1.83. The summed E-state index contributed by atoms with van der Waals surface area (Å²) in [5, 5.41) is 0.635. The second-order valence-electron chi connectivity index (χ2n) is 8.27. The van der Waals surface area contributed by atoms with Crippen molar-refractivity contribution in [2.75, 3.05) is 6.54 Å². The minimum Gasteiger partial charge on any atom is -0.370 e. The molecule has 0 saturated carbocycles. The summed E-state index contributed by atoms with van der Waals surface area (Å²) < 4.78 is 31.4. The van der Waals surface area contributed by atoms with Crippen molar-refractivity contribution in [2.45, 2.75) is 121 Å². The van der Waals surface area contributed by atoms with Gasteiger partial charge in [0, 0.05) is 36.1 Å². The minimum atomic E-state index is -4.65. The van der Waals surface area contributed by atoms with Crippen LogP contribution in [0.1, 0.15) is 116 Å². The number of rotatable bonds is 21. The van der Waals surface area contributed by atoms with E-state index in [1.54, 1.807) is 0 Å². The minimum absolute atomic E-state index is 0. The van der Waals surface area contributed by atoms with Crippen molar-refractivity contribution < 1.29 is 22.6 Å². The monoisotopic (exact) mass is 471 g/mol. The summed E-state index contributed by atoms with van der Waals surface area (Å²) in [7, 11) is -4.65. The molecule has 1 radical (unpaired) electrons. The van der Waals surface area contributed by atoms with E-state index >= 15 is 0 Å². The normalized spacial score (nSPS) is 12.2. The Kier molecular flexibility index (Phi) is 23.1. The molecule has 0 aromatic heterocycles. The van der Waals surface area contributed by atoms with Gasteiger partial charge in [-0.05, 0) is 6.42 Å². The Morgan fingerprint density at radius 3 is 1.45 bits per heavy atom. The molecule has 0 aromatic rings. The first kappa shape index (κ1) is 33.0. The number of hydrogen-bond acceptors (Lipinski definition) is 4. The Hall–Kier alpha value is -0.150. The standard InChI is InChI=1S/C22H44N2O5S.Na/c1-2-3-4-5-6-7-8-9-10-11-12-13-14-15-16-17-18-24-22(26)20(19-21(23)25)30(27,28)29;/h20H,2-19H2,1H3,(H2,23,25)(H,24,26)(H,27,28,29);. The number of nitrogens with one attached hydrogen (secondary N) is 1. The molecule has 0 aliphatic heterocycles. The van der Waals surface area contributed by atoms with E-state index in [4.69, 9.17) is 10.3 Å². The van der Waals surface area contributed by atoms with Crippen LogP contribution >= 0.6 is 0 Å². The molecule has 0 fully saturated rings. The summed E-state index contributed by atoms with van der Waals surface area (Å²) in [4.78, 5) is 22.7. The average Bonchev–Trinajstić information content (AvgIpc) is 2.67. The number of carbonyl (C=O) groups is 2. The van der Waals surface area contributed by atoms with Crippen molar-refractivity contribution in [3.05, 3.63) is 0 Å². The third kappa shape index (κ3) is 21.5. The Bertz CT molecular complexity index is 558. The number of carbonyl (C=O) groups excluding carboxylic acids is 2. The van der Waals surface area contributed by atoms with Crippen molar-refractivity contribution in [3.8, 4) is 0 Å². The fourth-order valence-corrected chi connectivity index (χ4v) is 4.24. The van der Waals surface area contributed by atoms with Gasteiger partial charge in [0.2, 0.25) is 11.8 Å². The predicted molar refractivity (Wildman–Crippen MR) is 127 cm³/mol. The van der Waals surface area contributed by atoms with Crippen LogP contribution in [0, 0.1) is 0 Å². The molecule has 1 unspecified atom stereocenters. The van der Waals surface area contributed by atoms with Crippen LogP contribution in [0.2, 0.25) is 0 Å². The van der Waals surface area contributed by atoms with E-state index in [1.807, 2.05) is 0 Å². The van der Waals surface area contributed by atoms with Crippen molar-refractivity contribution in [1.82, 2.24) is 5.32 Å². The van der Waals surface area contributed by atoms with Gasteiger partial charge in [0.15, 0.2) is 5.25 Å². The van der Waals surface area contributed by atoms with Gasteiger partial charge >= 0.3 is 0 Å². The molecular weight excluding hydrogens is 427 g/mol. The molecule has 0 aromatic carbocycles. The van der Waals surface area contributed by atoms with Gasteiger partial charge in [-0.15, -0.1) is 0 Å². The quantitative estimate of drug-likeness (QED) is 0.132. The number of unbranched alkanes of at least 4 members (excludes halogenated alkanes) is 15. The van der Waals surface area contributed by atoms with Crippen molar-refractivity contribution in [3.63, 3.8) is 0 Å². The smallest absolute Gasteiger partial charge is 0.277 e. The van der Waals surface area contributed by atoms with Crippen LogP contribution in [0.15, 0.2) is 0 Å². The van der Waals surface area contributed by atoms with Crippen LogP contribution in [-0.2, 0) is 19.7 Å². The predicted octanol–water partition coefficient (Wildman–Crippen LogP) is 4.12. The van der Waals surface area contributed by atoms with E-state index < -0.39 is 33.6 Å². The molecular formula is C22H44N2NaO5S. The molecule has 0 aliphatic rings. The van der Waals surface area contributed by atoms with Gasteiger partial charge in [0.25, 0.3) is 10.1 Å². The number of hydrogen-bond donors (Lipinski definition) is 3. The Morgan fingerprint density at radius 2 is 1.13 bits per heavy atom. The molecule has 0 saturated heterocycles. The van der Waals surface area contributed by atoms with E-state index in [2.05, 4.69) is 12.2 Å². The fourth-order valence-electron chi connectivity index (χ4n) is 3.51. The van der Waals surface area contributed by atoms with Gasteiger partial charge in [-0.3, -0.25) is 14.1 Å². The molecule has 7 nitrogen and oxygen atoms in total. The molecule has 0 rings (SSSR count). The summed E-state index contributed by atoms with van der Waals surface area (Å²) in [6.07, 6.45) is 19.3. The summed E-state index contributed by atoms with van der Waals surface area (Å²) in [5.41, 5.74) is 4.93. The van der Waals surface area contributed by atoms with Crippen LogP contribution in [0.3, 0.4) is 0 Å². The number of nitrogens with two attached hydrogens (primary N) is 1. The van der Waals surface area contributed by atoms with Gasteiger partial charge in [-0.2, -0.15) is 8.42 Å². The average molecular weight is 472 g/mol. The molecule has 4 N–H and O–H groups in total. The first-order valence-electron chi connectivity index (χ1n) is 11.8. The first-order valence-corrected chi connectivity index (χ1v) is 13.3. The van der Waals surface area contributed by atoms with E-state index in [0.29, 0.717) is 6.54 Å². The topological polar surface area (TPSA) is 127 Å². The second-order valence-corrected chi connectivity index (χ2v) is 9.87. The molecule has 0 aliphatic carbocycles. The van der Waals surface area contributed by atoms with E-state index in [9.17, 15) is 18.0 Å². The molecule has 2 amide bonds. The van der Waals surface area contributed by atoms with Crippen molar-refractivity contribution in [2.24, 2.45) is 5.73 Å². The molecule has 0 heterocycles. The van der Waals surface area contributed by atoms with Crippen LogP contribution in [0.25, 0.3) is 0 Å². The van der Waals surface area contributed by atoms with Gasteiger partial charge in [-0.25, -0.2) is 0 Å². The SMILES string of the molecule is CCCCCCCCCCCCCCCCCCNC(=O)C(CC(N)=O)S(=O)(=O)O.[Na]. The maximum atomic E-state index is 11.8. The van der Waals surface area contributed by atoms with Crippen molar-refractivity contribution >= 4 is 51.5 Å². The van der Waals surface area contributed by atoms with E-state index in [1.165, 1.54) is 83.5 Å². The summed E-state index contributed by atoms with van der Waals surface area (Å²) >= 11 is 0. The first-order chi connectivity index (χ1) is 14.3. The molecule has 179 valence electrons. The molecule has 31 heavy (non-hydrogen) atoms. The van der Waals surface area contributed by atoms with E-state index in [0.717, 1.165) is 19.3 Å². The van der Waals surface area contributed by atoms with Gasteiger partial charge in [0.05, 0.1) is 6.42 Å². The van der Waals surface area contributed by atoms with Gasteiger partial charge in [0.1, 0.15) is 0 Å². The Balaban J connectivity index is 0. The molecule has 1 atom stereocenters. The summed E-state index contributed by atoms with van der Waals surface area (Å²) in [6, 6.07) is 0. The van der Waals surface area contributed by atoms with Crippen LogP contribution in [0.5, 0.6) is 0 Å². The van der Waals surface area contributed by atoms with Gasteiger partial charge in [-0.1, -0.05) is 103 Å². The maximum Gasteiger partial charge on any atom is 0.277 e. The second kappa shape index (κ2) is 21.7. The van der Waals surface area contributed by atoms with Crippen molar-refractivity contribution in [1.29, 1.82) is 0 Å². The van der Waals surface area contributed by atoms with Gasteiger partial charge < -0.3 is 11.1 Å². The Labute approximate surface area is 212 Å². The number of amides is 2. The maximum absolute atomic E-state index is 11.8. The van der Waals surface area contributed by atoms with Crippen LogP contribution in [0.4, 0.5) is 0 Å². The molecule has 0 spiro atoms. The zero-order chi connectivity index (χ0) is 22.7. The fraction of sp³-hybridized carbons (Fsp3) is 0.909. The molecule has 0 bridgehead atoms. The largest absolute Gasteiger partial charge is 0.370 e. The number of primary amides is 1. The van der Waals surface area contributed by atoms with E-state index in [-0.39, 0.29) is 29.6 Å². The van der Waals surface area contributed by atoms with Crippen LogP contribution in [-0.4, -0.2) is 66.1 Å². The summed E-state index contributed by atoms with van der Waals surface area (Å²) in [6.45, 7) is 2.57.